The van der Waals surface area contributed by atoms with Gasteiger partial charge in [0.25, 0.3) is 0 Å². The fourth-order valence-corrected chi connectivity index (χ4v) is 5.09. The number of rotatable bonds is 18. The van der Waals surface area contributed by atoms with Gasteiger partial charge in [-0.15, -0.1) is 0 Å². The molecule has 1 aliphatic heterocycles. The van der Waals surface area contributed by atoms with Crippen LogP contribution in [0.2, 0.25) is 0 Å². The molecule has 1 fully saturated rings. The fourth-order valence-electron chi connectivity index (χ4n) is 5.09. The number of aldehydes is 1. The summed E-state index contributed by atoms with van der Waals surface area (Å²) < 4.78 is 5.89. The van der Waals surface area contributed by atoms with Gasteiger partial charge in [-0.25, -0.2) is 0 Å². The van der Waals surface area contributed by atoms with Crippen LogP contribution in [0.1, 0.15) is 137 Å². The number of hydrogen-bond donors (Lipinski definition) is 0. The molecule has 0 spiro atoms. The van der Waals surface area contributed by atoms with E-state index in [-0.39, 0.29) is 23.2 Å². The third-order valence-electron chi connectivity index (χ3n) is 6.52. The SMILES string of the molecule is CCCCCCCCON1C(C)(C)CC(OC(=O)CCCCCCCCC=O)CC1(C)C. The number of nitrogens with zero attached hydrogens (tertiary/aromatic N) is 1. The van der Waals surface area contributed by atoms with Gasteiger partial charge in [-0.1, -0.05) is 64.7 Å². The molecule has 32 heavy (non-hydrogen) atoms. The van der Waals surface area contributed by atoms with Gasteiger partial charge in [0, 0.05) is 36.8 Å². The quantitative estimate of drug-likeness (QED) is 0.125. The molecule has 5 heteroatoms. The van der Waals surface area contributed by atoms with Gasteiger partial charge in [0.05, 0.1) is 6.61 Å². The van der Waals surface area contributed by atoms with Crippen molar-refractivity contribution in [2.45, 2.75) is 155 Å². The summed E-state index contributed by atoms with van der Waals surface area (Å²) in [5.74, 6) is -0.0657. The molecule has 1 aliphatic rings. The number of carbonyl (C=O) groups is 2. The molecule has 5 nitrogen and oxygen atoms in total. The second-order valence-electron chi connectivity index (χ2n) is 10.9. The lowest BCUT2D eigenvalue weighted by Crippen LogP contribution is -2.62. The topological polar surface area (TPSA) is 55.8 Å². The summed E-state index contributed by atoms with van der Waals surface area (Å²) in [7, 11) is 0. The van der Waals surface area contributed by atoms with Crippen molar-refractivity contribution in [3.63, 3.8) is 0 Å². The molecule has 0 aromatic carbocycles. The Kier molecular flexibility index (Phi) is 14.4. The number of hydroxylamine groups is 2. The zero-order valence-corrected chi connectivity index (χ0v) is 21.8. The molecule has 0 radical (unpaired) electrons. The number of piperidine rings is 1. The molecular formula is C27H51NO4. The van der Waals surface area contributed by atoms with E-state index in [9.17, 15) is 9.59 Å². The van der Waals surface area contributed by atoms with E-state index in [4.69, 9.17) is 9.57 Å². The van der Waals surface area contributed by atoms with Gasteiger partial charge in [-0.2, -0.15) is 5.06 Å². The minimum Gasteiger partial charge on any atom is -0.462 e. The normalized spacial score (nSPS) is 18.5. The van der Waals surface area contributed by atoms with Crippen molar-refractivity contribution in [2.75, 3.05) is 6.61 Å². The molecule has 1 saturated heterocycles. The summed E-state index contributed by atoms with van der Waals surface area (Å²) in [5.41, 5.74) is -0.340. The molecule has 0 saturated carbocycles. The van der Waals surface area contributed by atoms with E-state index in [0.29, 0.717) is 12.8 Å². The van der Waals surface area contributed by atoms with Crippen LogP contribution < -0.4 is 0 Å². The van der Waals surface area contributed by atoms with E-state index in [1.807, 2.05) is 0 Å². The first-order valence-electron chi connectivity index (χ1n) is 13.3. The summed E-state index contributed by atoms with van der Waals surface area (Å²) in [6, 6.07) is 0. The number of ether oxygens (including phenoxy) is 1. The standard InChI is InChI=1S/C27H51NO4/c1-6-7-8-9-15-18-21-31-28-26(2,3)22-24(23-27(28,4)5)32-25(30)19-16-13-11-10-12-14-17-20-29/h20,24H,6-19,21-23H2,1-5H3. The summed E-state index contributed by atoms with van der Waals surface area (Å²) in [6.45, 7) is 11.8. The van der Waals surface area contributed by atoms with E-state index in [1.165, 1.54) is 32.1 Å². The highest BCUT2D eigenvalue weighted by molar-refractivity contribution is 5.69. The lowest BCUT2D eigenvalue weighted by atomic mass is 9.80. The van der Waals surface area contributed by atoms with E-state index in [2.05, 4.69) is 39.7 Å². The van der Waals surface area contributed by atoms with Crippen molar-refractivity contribution >= 4 is 12.3 Å². The largest absolute Gasteiger partial charge is 0.462 e. The Labute approximate surface area is 197 Å². The molecule has 0 aliphatic carbocycles. The molecule has 0 aromatic rings. The average Bonchev–Trinajstić information content (AvgIpc) is 2.70. The van der Waals surface area contributed by atoms with Crippen molar-refractivity contribution in [3.05, 3.63) is 0 Å². The molecule has 1 rings (SSSR count). The maximum atomic E-state index is 12.4. The highest BCUT2D eigenvalue weighted by Gasteiger charge is 2.47. The highest BCUT2D eigenvalue weighted by atomic mass is 16.7. The zero-order valence-electron chi connectivity index (χ0n) is 21.8. The first-order chi connectivity index (χ1) is 15.2. The maximum absolute atomic E-state index is 12.4. The van der Waals surface area contributed by atoms with Gasteiger partial charge in [0.15, 0.2) is 0 Å². The summed E-state index contributed by atoms with van der Waals surface area (Å²) in [4.78, 5) is 29.0. The van der Waals surface area contributed by atoms with Crippen molar-refractivity contribution in [1.29, 1.82) is 0 Å². The van der Waals surface area contributed by atoms with Crippen LogP contribution in [0.5, 0.6) is 0 Å². The number of carbonyl (C=O) groups excluding carboxylic acids is 2. The first-order valence-corrected chi connectivity index (χ1v) is 13.3. The minimum absolute atomic E-state index is 0.0512. The molecule has 1 heterocycles. The van der Waals surface area contributed by atoms with Crippen LogP contribution in [0.25, 0.3) is 0 Å². The highest BCUT2D eigenvalue weighted by Crippen LogP contribution is 2.40. The molecule has 188 valence electrons. The van der Waals surface area contributed by atoms with E-state index < -0.39 is 0 Å². The third-order valence-corrected chi connectivity index (χ3v) is 6.52. The molecular weight excluding hydrogens is 402 g/mol. The van der Waals surface area contributed by atoms with Crippen molar-refractivity contribution in [2.24, 2.45) is 0 Å². The predicted octanol–water partition coefficient (Wildman–Crippen LogP) is 7.16. The second kappa shape index (κ2) is 15.8. The van der Waals surface area contributed by atoms with Crippen LogP contribution in [0, 0.1) is 0 Å². The zero-order chi connectivity index (χ0) is 23.9. The summed E-state index contributed by atoms with van der Waals surface area (Å²) in [5, 5.41) is 2.17. The Bertz CT molecular complexity index is 500. The Morgan fingerprint density at radius 2 is 1.38 bits per heavy atom. The lowest BCUT2D eigenvalue weighted by Gasteiger charge is -2.53. The lowest BCUT2D eigenvalue weighted by molar-refractivity contribution is -0.293. The fraction of sp³-hybridized carbons (Fsp3) is 0.926. The first kappa shape index (κ1) is 29.1. The van der Waals surface area contributed by atoms with Gasteiger partial charge in [-0.05, 0) is 47.0 Å². The van der Waals surface area contributed by atoms with Crippen LogP contribution in [-0.4, -0.2) is 41.1 Å². The van der Waals surface area contributed by atoms with Crippen molar-refractivity contribution in [1.82, 2.24) is 5.06 Å². The Morgan fingerprint density at radius 3 is 1.97 bits per heavy atom. The number of unbranched alkanes of at least 4 members (excludes halogenated alkanes) is 11. The third kappa shape index (κ3) is 11.8. The molecule has 0 aromatic heterocycles. The Hall–Kier alpha value is -0.940. The van der Waals surface area contributed by atoms with Gasteiger partial charge in [-0.3, -0.25) is 9.63 Å². The Balaban J connectivity index is 2.31. The monoisotopic (exact) mass is 453 g/mol. The summed E-state index contributed by atoms with van der Waals surface area (Å²) >= 11 is 0. The summed E-state index contributed by atoms with van der Waals surface area (Å²) in [6.07, 6.45) is 17.6. The van der Waals surface area contributed by atoms with E-state index >= 15 is 0 Å². The van der Waals surface area contributed by atoms with E-state index in [0.717, 1.165) is 70.7 Å². The van der Waals surface area contributed by atoms with Gasteiger partial charge >= 0.3 is 5.97 Å². The van der Waals surface area contributed by atoms with Crippen molar-refractivity contribution in [3.8, 4) is 0 Å². The minimum atomic E-state index is -0.170. The second-order valence-corrected chi connectivity index (χ2v) is 10.9. The Morgan fingerprint density at radius 1 is 0.844 bits per heavy atom. The van der Waals surface area contributed by atoms with Gasteiger partial charge in [0.2, 0.25) is 0 Å². The molecule has 0 bridgehead atoms. The molecule has 0 unspecified atom stereocenters. The van der Waals surface area contributed by atoms with Crippen LogP contribution >= 0.6 is 0 Å². The van der Waals surface area contributed by atoms with Crippen LogP contribution in [-0.2, 0) is 19.2 Å². The predicted molar refractivity (Wildman–Crippen MR) is 131 cm³/mol. The number of hydrogen-bond acceptors (Lipinski definition) is 5. The average molecular weight is 454 g/mol. The molecule has 0 amide bonds. The van der Waals surface area contributed by atoms with Gasteiger partial charge < -0.3 is 9.53 Å². The van der Waals surface area contributed by atoms with Crippen molar-refractivity contribution < 1.29 is 19.2 Å². The number of esters is 1. The van der Waals surface area contributed by atoms with Crippen LogP contribution in [0.4, 0.5) is 0 Å². The van der Waals surface area contributed by atoms with E-state index in [1.54, 1.807) is 0 Å². The van der Waals surface area contributed by atoms with Crippen LogP contribution in [0.3, 0.4) is 0 Å². The van der Waals surface area contributed by atoms with Gasteiger partial charge in [0.1, 0.15) is 12.4 Å². The molecule has 0 atom stereocenters. The van der Waals surface area contributed by atoms with Crippen LogP contribution in [0.15, 0.2) is 0 Å². The smallest absolute Gasteiger partial charge is 0.306 e. The molecule has 0 N–H and O–H groups in total. The maximum Gasteiger partial charge on any atom is 0.306 e.